The first-order valence-electron chi connectivity index (χ1n) is 10.4. The van der Waals surface area contributed by atoms with Crippen LogP contribution in [0, 0.1) is 0 Å². The lowest BCUT2D eigenvalue weighted by atomic mass is 10.1. The van der Waals surface area contributed by atoms with Crippen molar-refractivity contribution in [2.24, 2.45) is 0 Å². The van der Waals surface area contributed by atoms with Crippen LogP contribution in [0.15, 0.2) is 72.8 Å². The molecule has 0 N–H and O–H groups in total. The van der Waals surface area contributed by atoms with Crippen LogP contribution in [-0.2, 0) is 16.1 Å². The Kier molecular flexibility index (Phi) is 7.39. The van der Waals surface area contributed by atoms with Gasteiger partial charge in [0.15, 0.2) is 5.69 Å². The molecule has 0 bridgehead atoms. The first-order valence-corrected chi connectivity index (χ1v) is 11.2. The quantitative estimate of drug-likeness (QED) is 0.283. The maximum Gasteiger partial charge on any atom is 0.357 e. The molecular formula is C26H20Cl2N2O5. The van der Waals surface area contributed by atoms with Crippen molar-refractivity contribution in [3.8, 4) is 22.7 Å². The van der Waals surface area contributed by atoms with Gasteiger partial charge in [-0.2, -0.15) is 5.10 Å². The van der Waals surface area contributed by atoms with Gasteiger partial charge in [-0.25, -0.2) is 14.3 Å². The van der Waals surface area contributed by atoms with E-state index in [1.54, 1.807) is 66.7 Å². The maximum atomic E-state index is 12.8. The highest BCUT2D eigenvalue weighted by Gasteiger charge is 2.31. The topological polar surface area (TPSA) is 79.7 Å². The number of aromatic nitrogens is 2. The molecule has 4 aromatic rings. The lowest BCUT2D eigenvalue weighted by Gasteiger charge is -2.09. The van der Waals surface area contributed by atoms with Gasteiger partial charge in [0.2, 0.25) is 0 Å². The summed E-state index contributed by atoms with van der Waals surface area (Å²) in [6.45, 7) is 0.204. The molecule has 0 atom stereocenters. The number of para-hydroxylation sites is 1. The van der Waals surface area contributed by atoms with Crippen LogP contribution < -0.4 is 4.74 Å². The Morgan fingerprint density at radius 3 is 2.31 bits per heavy atom. The number of halogens is 2. The summed E-state index contributed by atoms with van der Waals surface area (Å²) in [6, 6.07) is 21.1. The number of benzene rings is 3. The summed E-state index contributed by atoms with van der Waals surface area (Å²) in [5.41, 5.74) is 2.08. The van der Waals surface area contributed by atoms with Crippen molar-refractivity contribution in [1.82, 2.24) is 9.78 Å². The first kappa shape index (κ1) is 24.3. The second kappa shape index (κ2) is 10.6. The molecule has 178 valence electrons. The molecule has 35 heavy (non-hydrogen) atoms. The third kappa shape index (κ3) is 5.16. The Morgan fingerprint density at radius 1 is 0.886 bits per heavy atom. The summed E-state index contributed by atoms with van der Waals surface area (Å²) >= 11 is 12.2. The molecule has 4 rings (SSSR count). The molecule has 0 fully saturated rings. The van der Waals surface area contributed by atoms with Crippen LogP contribution in [0.2, 0.25) is 10.0 Å². The number of carbonyl (C=O) groups excluding carboxylic acids is 2. The van der Waals surface area contributed by atoms with E-state index in [-0.39, 0.29) is 23.6 Å². The number of esters is 2. The monoisotopic (exact) mass is 510 g/mol. The Hall–Kier alpha value is -3.81. The van der Waals surface area contributed by atoms with E-state index in [0.717, 1.165) is 5.56 Å². The maximum absolute atomic E-state index is 12.8. The van der Waals surface area contributed by atoms with Gasteiger partial charge in [-0.1, -0.05) is 59.6 Å². The van der Waals surface area contributed by atoms with Gasteiger partial charge in [0, 0.05) is 21.2 Å². The highest BCUT2D eigenvalue weighted by atomic mass is 35.5. The van der Waals surface area contributed by atoms with Gasteiger partial charge in [-0.05, 0) is 36.4 Å². The van der Waals surface area contributed by atoms with Gasteiger partial charge in [-0.3, -0.25) is 0 Å². The van der Waals surface area contributed by atoms with E-state index < -0.39 is 11.9 Å². The molecule has 0 saturated heterocycles. The highest BCUT2D eigenvalue weighted by Crippen LogP contribution is 2.31. The SMILES string of the molecule is COC(=O)c1c(-c2cccc(OCc3ccc(Cl)cc3Cl)c2)nn(-c2ccccc2)c1C(=O)OC. The molecule has 9 heteroatoms. The van der Waals surface area contributed by atoms with Gasteiger partial charge in [0.1, 0.15) is 23.6 Å². The predicted molar refractivity (Wildman–Crippen MR) is 132 cm³/mol. The van der Waals surface area contributed by atoms with Crippen molar-refractivity contribution >= 4 is 35.1 Å². The number of methoxy groups -OCH3 is 2. The molecule has 0 saturated carbocycles. The van der Waals surface area contributed by atoms with Crippen LogP contribution in [-0.4, -0.2) is 35.9 Å². The zero-order chi connectivity index (χ0) is 24.9. The third-order valence-corrected chi connectivity index (χ3v) is 5.76. The molecule has 0 spiro atoms. The number of ether oxygens (including phenoxy) is 3. The normalized spacial score (nSPS) is 10.6. The van der Waals surface area contributed by atoms with Crippen LogP contribution in [0.4, 0.5) is 0 Å². The largest absolute Gasteiger partial charge is 0.489 e. The van der Waals surface area contributed by atoms with E-state index >= 15 is 0 Å². The summed E-state index contributed by atoms with van der Waals surface area (Å²) in [5.74, 6) is -0.933. The fraction of sp³-hybridized carbons (Fsp3) is 0.115. The standard InChI is InChI=1S/C26H20Cl2N2O5/c1-33-25(31)22-23(29-30(24(22)26(32)34-2)19-8-4-3-5-9-19)16-7-6-10-20(13-16)35-15-17-11-12-18(27)14-21(17)28/h3-14H,15H2,1-2H3. The van der Waals surface area contributed by atoms with E-state index in [4.69, 9.17) is 37.4 Å². The van der Waals surface area contributed by atoms with Crippen LogP contribution in [0.1, 0.15) is 26.4 Å². The Bertz CT molecular complexity index is 1390. The van der Waals surface area contributed by atoms with Crippen LogP contribution >= 0.6 is 23.2 Å². The van der Waals surface area contributed by atoms with Crippen LogP contribution in [0.3, 0.4) is 0 Å². The third-order valence-electron chi connectivity index (χ3n) is 5.17. The van der Waals surface area contributed by atoms with E-state index in [2.05, 4.69) is 5.10 Å². The Balaban J connectivity index is 1.78. The zero-order valence-corrected chi connectivity index (χ0v) is 20.3. The van der Waals surface area contributed by atoms with Crippen molar-refractivity contribution in [1.29, 1.82) is 0 Å². The number of hydrogen-bond acceptors (Lipinski definition) is 6. The number of rotatable bonds is 7. The van der Waals surface area contributed by atoms with Gasteiger partial charge < -0.3 is 14.2 Å². The summed E-state index contributed by atoms with van der Waals surface area (Å²) in [6.07, 6.45) is 0. The summed E-state index contributed by atoms with van der Waals surface area (Å²) in [5, 5.41) is 5.62. The number of hydrogen-bond donors (Lipinski definition) is 0. The summed E-state index contributed by atoms with van der Waals surface area (Å²) in [7, 11) is 2.48. The van der Waals surface area contributed by atoms with E-state index in [1.807, 2.05) is 6.07 Å². The second-order valence-electron chi connectivity index (χ2n) is 7.35. The van der Waals surface area contributed by atoms with Crippen molar-refractivity contribution < 1.29 is 23.8 Å². The van der Waals surface area contributed by atoms with E-state index in [9.17, 15) is 9.59 Å². The van der Waals surface area contributed by atoms with Crippen molar-refractivity contribution in [3.63, 3.8) is 0 Å². The average molecular weight is 511 g/mol. The van der Waals surface area contributed by atoms with Gasteiger partial charge >= 0.3 is 11.9 Å². The molecule has 1 heterocycles. The fourth-order valence-corrected chi connectivity index (χ4v) is 3.95. The van der Waals surface area contributed by atoms with Crippen LogP contribution in [0.25, 0.3) is 16.9 Å². The fourth-order valence-electron chi connectivity index (χ4n) is 3.49. The summed E-state index contributed by atoms with van der Waals surface area (Å²) < 4.78 is 17.2. The molecule has 0 unspecified atom stereocenters. The van der Waals surface area contributed by atoms with Gasteiger partial charge in [0.05, 0.1) is 19.9 Å². The van der Waals surface area contributed by atoms with E-state index in [0.29, 0.717) is 27.0 Å². The van der Waals surface area contributed by atoms with Crippen molar-refractivity contribution in [2.45, 2.75) is 6.61 Å². The molecule has 3 aromatic carbocycles. The lowest BCUT2D eigenvalue weighted by Crippen LogP contribution is -2.15. The predicted octanol–water partition coefficient (Wildman–Crippen LogP) is 6.00. The molecule has 0 amide bonds. The van der Waals surface area contributed by atoms with E-state index in [1.165, 1.54) is 18.9 Å². The molecule has 0 aliphatic carbocycles. The zero-order valence-electron chi connectivity index (χ0n) is 18.8. The molecule has 7 nitrogen and oxygen atoms in total. The highest BCUT2D eigenvalue weighted by molar-refractivity contribution is 6.35. The first-order chi connectivity index (χ1) is 16.9. The van der Waals surface area contributed by atoms with Crippen molar-refractivity contribution in [3.05, 3.63) is 99.7 Å². The number of carbonyl (C=O) groups is 2. The second-order valence-corrected chi connectivity index (χ2v) is 8.20. The minimum absolute atomic E-state index is 0.0129. The Labute approximate surface area is 211 Å². The average Bonchev–Trinajstić information content (AvgIpc) is 3.29. The van der Waals surface area contributed by atoms with Gasteiger partial charge in [0.25, 0.3) is 0 Å². The minimum atomic E-state index is -0.724. The van der Waals surface area contributed by atoms with Gasteiger partial charge in [-0.15, -0.1) is 0 Å². The van der Waals surface area contributed by atoms with Crippen molar-refractivity contribution in [2.75, 3.05) is 14.2 Å². The molecule has 0 aliphatic rings. The summed E-state index contributed by atoms with van der Waals surface area (Å²) in [4.78, 5) is 25.6. The van der Waals surface area contributed by atoms with Crippen LogP contribution in [0.5, 0.6) is 5.75 Å². The molecular weight excluding hydrogens is 491 g/mol. The minimum Gasteiger partial charge on any atom is -0.489 e. The Morgan fingerprint density at radius 2 is 1.63 bits per heavy atom. The molecule has 1 aromatic heterocycles. The molecule has 0 aliphatic heterocycles. The smallest absolute Gasteiger partial charge is 0.357 e. The molecule has 0 radical (unpaired) electrons. The number of nitrogens with zero attached hydrogens (tertiary/aromatic N) is 2. The lowest BCUT2D eigenvalue weighted by molar-refractivity contribution is 0.0549.